The van der Waals surface area contributed by atoms with Crippen molar-refractivity contribution in [1.29, 1.82) is 0 Å². The number of aryl methyl sites for hydroxylation is 1. The van der Waals surface area contributed by atoms with Gasteiger partial charge in [0, 0.05) is 0 Å². The van der Waals surface area contributed by atoms with E-state index in [1.165, 1.54) is 44.1 Å². The molecule has 0 saturated heterocycles. The van der Waals surface area contributed by atoms with Gasteiger partial charge in [0.05, 0.1) is 6.42 Å². The summed E-state index contributed by atoms with van der Waals surface area (Å²) in [5.74, 6) is 1.47. The number of unbranched alkanes of at least 4 members (excludes halogenated alkanes) is 2. The molecular formula is C28H38F2O. The normalized spacial score (nSPS) is 19.4. The minimum absolute atomic E-state index is 0.196. The second-order valence-corrected chi connectivity index (χ2v) is 9.24. The summed E-state index contributed by atoms with van der Waals surface area (Å²) in [6.45, 7) is 4.36. The standard InChI is InChI=1S/C28H38F2O/c1-3-5-6-7-23-8-10-24(11-9-23)20-21-28(29,30)31-27-18-16-26(17-19-27)25-14-12-22(4-2)13-15-25/h12-19,23-24H,3-11,20-21H2,1-2H3. The lowest BCUT2D eigenvalue weighted by molar-refractivity contribution is -0.183. The largest absolute Gasteiger partial charge is 0.433 e. The molecule has 0 amide bonds. The highest BCUT2D eigenvalue weighted by molar-refractivity contribution is 5.64. The van der Waals surface area contributed by atoms with Gasteiger partial charge in [-0.15, -0.1) is 0 Å². The summed E-state index contributed by atoms with van der Waals surface area (Å²) in [7, 11) is 0. The van der Waals surface area contributed by atoms with E-state index in [-0.39, 0.29) is 12.2 Å². The van der Waals surface area contributed by atoms with Crippen LogP contribution in [0.1, 0.15) is 83.6 Å². The van der Waals surface area contributed by atoms with Crippen LogP contribution in [0.5, 0.6) is 5.75 Å². The fourth-order valence-electron chi connectivity index (χ4n) is 4.74. The Morgan fingerprint density at radius 3 is 1.87 bits per heavy atom. The number of halogens is 2. The smallest absolute Gasteiger partial charge is 0.397 e. The second-order valence-electron chi connectivity index (χ2n) is 9.24. The topological polar surface area (TPSA) is 9.23 Å². The summed E-state index contributed by atoms with van der Waals surface area (Å²) >= 11 is 0. The molecule has 31 heavy (non-hydrogen) atoms. The molecule has 0 atom stereocenters. The zero-order chi connectivity index (χ0) is 22.1. The first-order valence-electron chi connectivity index (χ1n) is 12.2. The number of hydrogen-bond donors (Lipinski definition) is 0. The van der Waals surface area contributed by atoms with E-state index in [2.05, 4.69) is 38.1 Å². The number of ether oxygens (including phenoxy) is 1. The van der Waals surface area contributed by atoms with Crippen LogP contribution >= 0.6 is 0 Å². The molecule has 0 heterocycles. The first kappa shape index (κ1) is 23.8. The number of benzene rings is 2. The number of alkyl halides is 2. The molecule has 1 fully saturated rings. The van der Waals surface area contributed by atoms with Crippen LogP contribution < -0.4 is 4.74 Å². The SMILES string of the molecule is CCCCCC1CCC(CCC(F)(F)Oc2ccc(-c3ccc(CC)cc3)cc2)CC1. The highest BCUT2D eigenvalue weighted by Gasteiger charge is 2.33. The van der Waals surface area contributed by atoms with Crippen molar-refractivity contribution in [2.24, 2.45) is 11.8 Å². The summed E-state index contributed by atoms with van der Waals surface area (Å²) in [6, 6.07) is 15.4. The van der Waals surface area contributed by atoms with Crippen molar-refractivity contribution in [3.05, 3.63) is 54.1 Å². The van der Waals surface area contributed by atoms with Crippen LogP contribution in [0.3, 0.4) is 0 Å². The van der Waals surface area contributed by atoms with E-state index in [1.807, 2.05) is 12.1 Å². The van der Waals surface area contributed by atoms with E-state index in [0.29, 0.717) is 12.3 Å². The summed E-state index contributed by atoms with van der Waals surface area (Å²) in [5, 5.41) is 0. The van der Waals surface area contributed by atoms with E-state index in [9.17, 15) is 8.78 Å². The van der Waals surface area contributed by atoms with Crippen molar-refractivity contribution in [3.8, 4) is 16.9 Å². The predicted molar refractivity (Wildman–Crippen MR) is 126 cm³/mol. The van der Waals surface area contributed by atoms with Crippen molar-refractivity contribution in [3.63, 3.8) is 0 Å². The first-order chi connectivity index (χ1) is 15.0. The molecule has 3 heteroatoms. The van der Waals surface area contributed by atoms with Crippen molar-refractivity contribution in [1.82, 2.24) is 0 Å². The van der Waals surface area contributed by atoms with Crippen LogP contribution in [-0.2, 0) is 6.42 Å². The lowest BCUT2D eigenvalue weighted by Crippen LogP contribution is -2.26. The third kappa shape index (κ3) is 7.63. The van der Waals surface area contributed by atoms with E-state index in [1.54, 1.807) is 12.1 Å². The summed E-state index contributed by atoms with van der Waals surface area (Å²) < 4.78 is 33.9. The van der Waals surface area contributed by atoms with Gasteiger partial charge in [0.1, 0.15) is 5.75 Å². The molecule has 1 aliphatic carbocycles. The molecule has 170 valence electrons. The molecule has 0 bridgehead atoms. The Morgan fingerprint density at radius 2 is 1.32 bits per heavy atom. The van der Waals surface area contributed by atoms with E-state index in [0.717, 1.165) is 36.3 Å². The Morgan fingerprint density at radius 1 is 0.774 bits per heavy atom. The lowest BCUT2D eigenvalue weighted by atomic mass is 9.78. The summed E-state index contributed by atoms with van der Waals surface area (Å²) in [4.78, 5) is 0. The highest BCUT2D eigenvalue weighted by atomic mass is 19.3. The Bertz CT molecular complexity index is 759. The molecule has 1 saturated carbocycles. The predicted octanol–water partition coefficient (Wildman–Crippen LogP) is 9.05. The number of hydrogen-bond acceptors (Lipinski definition) is 1. The maximum atomic E-state index is 14.4. The maximum Gasteiger partial charge on any atom is 0.397 e. The average Bonchev–Trinajstić information content (AvgIpc) is 2.79. The molecule has 0 unspecified atom stereocenters. The molecule has 1 nitrogen and oxygen atoms in total. The number of rotatable bonds is 11. The van der Waals surface area contributed by atoms with E-state index >= 15 is 0 Å². The molecular weight excluding hydrogens is 390 g/mol. The average molecular weight is 429 g/mol. The van der Waals surface area contributed by atoms with Gasteiger partial charge in [-0.1, -0.05) is 102 Å². The molecule has 0 aliphatic heterocycles. The fourth-order valence-corrected chi connectivity index (χ4v) is 4.74. The molecule has 0 radical (unpaired) electrons. The zero-order valence-electron chi connectivity index (χ0n) is 19.2. The molecule has 2 aromatic rings. The Balaban J connectivity index is 1.44. The Hall–Kier alpha value is -1.90. The minimum Gasteiger partial charge on any atom is -0.433 e. The van der Waals surface area contributed by atoms with Gasteiger partial charge in [-0.3, -0.25) is 0 Å². The van der Waals surface area contributed by atoms with Gasteiger partial charge in [0.25, 0.3) is 0 Å². The molecule has 0 spiro atoms. The van der Waals surface area contributed by atoms with Gasteiger partial charge in [0.15, 0.2) is 0 Å². The maximum absolute atomic E-state index is 14.4. The molecule has 3 rings (SSSR count). The van der Waals surface area contributed by atoms with Gasteiger partial charge in [0.2, 0.25) is 0 Å². The summed E-state index contributed by atoms with van der Waals surface area (Å²) in [5.41, 5.74) is 3.38. The van der Waals surface area contributed by atoms with Crippen LogP contribution in [0.4, 0.5) is 8.78 Å². The zero-order valence-corrected chi connectivity index (χ0v) is 19.2. The molecule has 0 aromatic heterocycles. The van der Waals surface area contributed by atoms with Crippen LogP contribution in [-0.4, -0.2) is 6.11 Å². The van der Waals surface area contributed by atoms with Gasteiger partial charge < -0.3 is 4.74 Å². The van der Waals surface area contributed by atoms with Gasteiger partial charge in [-0.2, -0.15) is 8.78 Å². The van der Waals surface area contributed by atoms with Gasteiger partial charge in [-0.25, -0.2) is 0 Å². The third-order valence-corrected chi connectivity index (χ3v) is 6.84. The van der Waals surface area contributed by atoms with Gasteiger partial charge in [-0.05, 0) is 53.5 Å². The lowest BCUT2D eigenvalue weighted by Gasteiger charge is -2.29. The van der Waals surface area contributed by atoms with Crippen LogP contribution in [0.25, 0.3) is 11.1 Å². The van der Waals surface area contributed by atoms with Crippen molar-refractivity contribution in [2.75, 3.05) is 0 Å². The van der Waals surface area contributed by atoms with Gasteiger partial charge >= 0.3 is 6.11 Å². The minimum atomic E-state index is -3.11. The third-order valence-electron chi connectivity index (χ3n) is 6.84. The van der Waals surface area contributed by atoms with Crippen LogP contribution in [0.2, 0.25) is 0 Å². The molecule has 0 N–H and O–H groups in total. The second kappa shape index (κ2) is 11.6. The fraction of sp³-hybridized carbons (Fsp3) is 0.571. The molecule has 2 aromatic carbocycles. The van der Waals surface area contributed by atoms with Crippen LogP contribution in [0, 0.1) is 11.8 Å². The van der Waals surface area contributed by atoms with Crippen LogP contribution in [0.15, 0.2) is 48.5 Å². The quantitative estimate of drug-likeness (QED) is 0.324. The van der Waals surface area contributed by atoms with Crippen molar-refractivity contribution < 1.29 is 13.5 Å². The van der Waals surface area contributed by atoms with Crippen molar-refractivity contribution >= 4 is 0 Å². The van der Waals surface area contributed by atoms with Crippen molar-refractivity contribution in [2.45, 2.75) is 90.6 Å². The first-order valence-corrected chi connectivity index (χ1v) is 12.2. The monoisotopic (exact) mass is 428 g/mol. The van der Waals surface area contributed by atoms with E-state index in [4.69, 9.17) is 4.74 Å². The Kier molecular flexibility index (Phi) is 8.92. The highest BCUT2D eigenvalue weighted by Crippen LogP contribution is 2.37. The summed E-state index contributed by atoms with van der Waals surface area (Å²) in [6.07, 6.45) is 8.08. The Labute approximate surface area is 187 Å². The molecule has 1 aliphatic rings. The van der Waals surface area contributed by atoms with E-state index < -0.39 is 6.11 Å².